The number of likely N-dealkylation sites (tertiary alicyclic amines) is 1. The van der Waals surface area contributed by atoms with E-state index in [0.717, 1.165) is 25.9 Å². The minimum Gasteiger partial charge on any atom is -0.339 e. The highest BCUT2D eigenvalue weighted by molar-refractivity contribution is 7.80. The minimum absolute atomic E-state index is 0.0000694. The Balaban J connectivity index is 1.71. The summed E-state index contributed by atoms with van der Waals surface area (Å²) >= 11 is 5.15. The number of halogens is 1. The summed E-state index contributed by atoms with van der Waals surface area (Å²) in [4.78, 5) is 26.6. The van der Waals surface area contributed by atoms with Gasteiger partial charge in [0.1, 0.15) is 5.82 Å². The Morgan fingerprint density at radius 1 is 0.962 bits per heavy atom. The summed E-state index contributed by atoms with van der Waals surface area (Å²) in [7, 11) is 0. The molecule has 1 aliphatic heterocycles. The lowest BCUT2D eigenvalue weighted by Gasteiger charge is -2.18. The van der Waals surface area contributed by atoms with Gasteiger partial charge >= 0.3 is 0 Å². The maximum absolute atomic E-state index is 13.7. The van der Waals surface area contributed by atoms with Crippen molar-refractivity contribution >= 4 is 34.8 Å². The molecule has 7 heteroatoms. The summed E-state index contributed by atoms with van der Waals surface area (Å²) in [6, 6.07) is 12.6. The second kappa shape index (κ2) is 8.05. The fourth-order valence-corrected chi connectivity index (χ4v) is 3.04. The first-order valence-electron chi connectivity index (χ1n) is 8.31. The number of anilines is 1. The molecule has 134 valence electrons. The van der Waals surface area contributed by atoms with E-state index in [-0.39, 0.29) is 16.6 Å². The molecule has 0 unspecified atom stereocenters. The van der Waals surface area contributed by atoms with Crippen LogP contribution >= 0.6 is 12.2 Å². The van der Waals surface area contributed by atoms with Crippen molar-refractivity contribution in [2.45, 2.75) is 12.8 Å². The Bertz CT molecular complexity index is 850. The van der Waals surface area contributed by atoms with Crippen LogP contribution in [0.2, 0.25) is 0 Å². The van der Waals surface area contributed by atoms with Crippen LogP contribution in [0.4, 0.5) is 10.1 Å². The highest BCUT2D eigenvalue weighted by Crippen LogP contribution is 2.20. The molecular weight excluding hydrogens is 353 g/mol. The second-order valence-corrected chi connectivity index (χ2v) is 6.34. The van der Waals surface area contributed by atoms with Crippen LogP contribution in [-0.2, 0) is 0 Å². The Kier molecular flexibility index (Phi) is 5.58. The van der Waals surface area contributed by atoms with Gasteiger partial charge < -0.3 is 10.2 Å². The number of hydrogen-bond donors (Lipinski definition) is 2. The monoisotopic (exact) mass is 371 g/mol. The average molecular weight is 371 g/mol. The Morgan fingerprint density at radius 2 is 1.58 bits per heavy atom. The zero-order chi connectivity index (χ0) is 18.5. The number of hydrogen-bond acceptors (Lipinski definition) is 3. The molecule has 1 fully saturated rings. The molecule has 0 bridgehead atoms. The van der Waals surface area contributed by atoms with E-state index in [2.05, 4.69) is 10.6 Å². The summed E-state index contributed by atoms with van der Waals surface area (Å²) in [6.45, 7) is 1.48. The number of carbonyl (C=O) groups is 2. The van der Waals surface area contributed by atoms with Gasteiger partial charge in [-0.25, -0.2) is 4.39 Å². The lowest BCUT2D eigenvalue weighted by molar-refractivity contribution is 0.0793. The van der Waals surface area contributed by atoms with Crippen molar-refractivity contribution in [2.75, 3.05) is 18.4 Å². The molecule has 3 rings (SSSR count). The van der Waals surface area contributed by atoms with Gasteiger partial charge in [-0.3, -0.25) is 14.9 Å². The number of nitrogens with zero attached hydrogens (tertiary/aromatic N) is 1. The summed E-state index contributed by atoms with van der Waals surface area (Å²) in [5.74, 6) is -1.35. The maximum Gasteiger partial charge on any atom is 0.260 e. The molecule has 1 heterocycles. The first kappa shape index (κ1) is 18.0. The molecule has 0 atom stereocenters. The molecule has 0 aliphatic carbocycles. The average Bonchev–Trinajstić information content (AvgIpc) is 3.16. The van der Waals surface area contributed by atoms with Crippen LogP contribution in [0.3, 0.4) is 0 Å². The molecule has 2 aromatic rings. The van der Waals surface area contributed by atoms with Crippen molar-refractivity contribution in [3.05, 3.63) is 65.5 Å². The fraction of sp³-hybridized carbons (Fsp3) is 0.211. The number of para-hydroxylation sites is 1. The Hall–Kier alpha value is -2.80. The quantitative estimate of drug-likeness (QED) is 0.814. The number of carbonyl (C=O) groups excluding carboxylic acids is 2. The van der Waals surface area contributed by atoms with E-state index in [1.54, 1.807) is 35.2 Å². The first-order chi connectivity index (χ1) is 12.6. The molecular formula is C19H18FN3O2S. The van der Waals surface area contributed by atoms with E-state index in [1.165, 1.54) is 18.2 Å². The third kappa shape index (κ3) is 4.05. The number of benzene rings is 2. The van der Waals surface area contributed by atoms with Crippen molar-refractivity contribution in [3.63, 3.8) is 0 Å². The van der Waals surface area contributed by atoms with Crippen LogP contribution in [0.1, 0.15) is 33.6 Å². The molecule has 2 N–H and O–H groups in total. The zero-order valence-corrected chi connectivity index (χ0v) is 14.8. The van der Waals surface area contributed by atoms with Crippen LogP contribution in [0.15, 0.2) is 48.5 Å². The minimum atomic E-state index is -0.649. The van der Waals surface area contributed by atoms with Gasteiger partial charge in [0, 0.05) is 13.1 Å². The maximum atomic E-state index is 13.7. The molecule has 2 amide bonds. The molecule has 1 saturated heterocycles. The van der Waals surface area contributed by atoms with Crippen molar-refractivity contribution in [1.82, 2.24) is 10.2 Å². The number of amides is 2. The Labute approximate surface area is 156 Å². The topological polar surface area (TPSA) is 61.4 Å². The highest BCUT2D eigenvalue weighted by atomic mass is 32.1. The van der Waals surface area contributed by atoms with Crippen LogP contribution in [-0.4, -0.2) is 34.9 Å². The molecule has 0 radical (unpaired) electrons. The van der Waals surface area contributed by atoms with Gasteiger partial charge in [0.2, 0.25) is 0 Å². The van der Waals surface area contributed by atoms with Gasteiger partial charge in [-0.15, -0.1) is 0 Å². The van der Waals surface area contributed by atoms with Gasteiger partial charge in [-0.05, 0) is 49.3 Å². The van der Waals surface area contributed by atoms with Crippen LogP contribution in [0.25, 0.3) is 0 Å². The van der Waals surface area contributed by atoms with Crippen molar-refractivity contribution < 1.29 is 14.0 Å². The lowest BCUT2D eigenvalue weighted by atomic mass is 10.1. The van der Waals surface area contributed by atoms with E-state index in [4.69, 9.17) is 12.2 Å². The summed E-state index contributed by atoms with van der Waals surface area (Å²) < 4.78 is 13.7. The van der Waals surface area contributed by atoms with E-state index >= 15 is 0 Å². The van der Waals surface area contributed by atoms with Crippen molar-refractivity contribution in [3.8, 4) is 0 Å². The number of thiocarbonyl (C=S) groups is 1. The molecule has 0 aromatic heterocycles. The Morgan fingerprint density at radius 3 is 2.27 bits per heavy atom. The predicted octanol–water partition coefficient (Wildman–Crippen LogP) is 3.19. The molecule has 1 aliphatic rings. The molecule has 0 saturated carbocycles. The molecule has 0 spiro atoms. The van der Waals surface area contributed by atoms with Gasteiger partial charge in [0.15, 0.2) is 5.11 Å². The summed E-state index contributed by atoms with van der Waals surface area (Å²) in [6.07, 6.45) is 2.00. The van der Waals surface area contributed by atoms with Crippen molar-refractivity contribution in [2.24, 2.45) is 0 Å². The molecule has 26 heavy (non-hydrogen) atoms. The third-order valence-corrected chi connectivity index (χ3v) is 4.35. The largest absolute Gasteiger partial charge is 0.339 e. The number of nitrogens with one attached hydrogen (secondary N) is 2. The highest BCUT2D eigenvalue weighted by Gasteiger charge is 2.22. The third-order valence-electron chi connectivity index (χ3n) is 4.14. The smallest absolute Gasteiger partial charge is 0.260 e. The normalized spacial score (nSPS) is 13.3. The van der Waals surface area contributed by atoms with Crippen LogP contribution in [0, 0.1) is 5.82 Å². The van der Waals surface area contributed by atoms with Crippen LogP contribution in [0.5, 0.6) is 0 Å². The van der Waals surface area contributed by atoms with Crippen molar-refractivity contribution in [1.29, 1.82) is 0 Å². The first-order valence-corrected chi connectivity index (χ1v) is 8.72. The molecule has 5 nitrogen and oxygen atoms in total. The van der Waals surface area contributed by atoms with Gasteiger partial charge in [-0.2, -0.15) is 0 Å². The van der Waals surface area contributed by atoms with E-state index in [1.807, 2.05) is 0 Å². The second-order valence-electron chi connectivity index (χ2n) is 5.93. The standard InChI is InChI=1S/C19H18FN3O2S/c20-15-9-3-1-7-13(15)17(24)22-19(26)21-16-10-4-2-8-14(16)18(25)23-11-5-6-12-23/h1-4,7-10H,5-6,11-12H2,(H2,21,22,24,26). The van der Waals surface area contributed by atoms with Gasteiger partial charge in [0.25, 0.3) is 11.8 Å². The summed E-state index contributed by atoms with van der Waals surface area (Å²) in [5.41, 5.74) is 0.887. The zero-order valence-electron chi connectivity index (χ0n) is 14.0. The fourth-order valence-electron chi connectivity index (χ4n) is 2.84. The van der Waals surface area contributed by atoms with E-state index in [0.29, 0.717) is 11.3 Å². The predicted molar refractivity (Wildman–Crippen MR) is 102 cm³/mol. The SMILES string of the molecule is O=C(NC(=S)Nc1ccccc1C(=O)N1CCCC1)c1ccccc1F. The van der Waals surface area contributed by atoms with Gasteiger partial charge in [0.05, 0.1) is 16.8 Å². The van der Waals surface area contributed by atoms with Gasteiger partial charge in [-0.1, -0.05) is 24.3 Å². The van der Waals surface area contributed by atoms with E-state index in [9.17, 15) is 14.0 Å². The lowest BCUT2D eigenvalue weighted by Crippen LogP contribution is -2.35. The van der Waals surface area contributed by atoms with E-state index < -0.39 is 11.7 Å². The number of rotatable bonds is 3. The van der Waals surface area contributed by atoms with Crippen LogP contribution < -0.4 is 10.6 Å². The summed E-state index contributed by atoms with van der Waals surface area (Å²) in [5, 5.41) is 5.30. The molecule has 2 aromatic carbocycles.